The van der Waals surface area contributed by atoms with Gasteiger partial charge >= 0.3 is 0 Å². The van der Waals surface area contributed by atoms with Gasteiger partial charge < -0.3 is 0 Å². The van der Waals surface area contributed by atoms with Gasteiger partial charge in [-0.2, -0.15) is 5.10 Å². The Hall–Kier alpha value is -0.900. The molecule has 1 aliphatic heterocycles. The minimum atomic E-state index is -0.260. The molecule has 0 aromatic carbocycles. The van der Waals surface area contributed by atoms with Gasteiger partial charge in [-0.15, -0.1) is 0 Å². The van der Waals surface area contributed by atoms with Crippen molar-refractivity contribution in [3.05, 3.63) is 17.5 Å². The van der Waals surface area contributed by atoms with Gasteiger partial charge in [0, 0.05) is 19.6 Å². The van der Waals surface area contributed by atoms with Crippen molar-refractivity contribution in [2.24, 2.45) is 0 Å². The fourth-order valence-electron chi connectivity index (χ4n) is 1.58. The number of H-pyrrole nitrogens is 1. The number of nitrogens with zero attached hydrogens (tertiary/aromatic N) is 2. The van der Waals surface area contributed by atoms with Crippen LogP contribution < -0.4 is 0 Å². The van der Waals surface area contributed by atoms with Gasteiger partial charge in [0.1, 0.15) is 6.67 Å². The molecule has 1 aliphatic rings. The maximum Gasteiger partial charge on any atom is 0.102 e. The molecule has 2 rings (SSSR count). The van der Waals surface area contributed by atoms with Crippen LogP contribution in [-0.2, 0) is 13.0 Å². The molecule has 1 aromatic heterocycles. The van der Waals surface area contributed by atoms with Crippen molar-refractivity contribution in [3.8, 4) is 0 Å². The third kappa shape index (κ3) is 1.34. The van der Waals surface area contributed by atoms with Gasteiger partial charge in [0.15, 0.2) is 0 Å². The van der Waals surface area contributed by atoms with Crippen molar-refractivity contribution >= 4 is 0 Å². The zero-order valence-corrected chi connectivity index (χ0v) is 6.89. The Morgan fingerprint density at radius 1 is 1.67 bits per heavy atom. The quantitative estimate of drug-likeness (QED) is 0.708. The minimum Gasteiger partial charge on any atom is -0.295 e. The molecule has 0 radical (unpaired) electrons. The molecule has 2 heterocycles. The zero-order valence-electron chi connectivity index (χ0n) is 6.89. The van der Waals surface area contributed by atoms with E-state index in [2.05, 4.69) is 15.1 Å². The first-order valence-corrected chi connectivity index (χ1v) is 4.19. The summed E-state index contributed by atoms with van der Waals surface area (Å²) in [5.41, 5.74) is 2.43. The molecule has 0 spiro atoms. The summed E-state index contributed by atoms with van der Waals surface area (Å²) in [6.07, 6.45) is 2.86. The van der Waals surface area contributed by atoms with Crippen LogP contribution in [0, 0.1) is 0 Å². The van der Waals surface area contributed by atoms with Gasteiger partial charge in [0.25, 0.3) is 0 Å². The summed E-state index contributed by atoms with van der Waals surface area (Å²) in [7, 11) is 0. The molecule has 0 aliphatic carbocycles. The molecule has 66 valence electrons. The van der Waals surface area contributed by atoms with Crippen molar-refractivity contribution in [3.63, 3.8) is 0 Å². The van der Waals surface area contributed by atoms with Gasteiger partial charge in [-0.1, -0.05) is 0 Å². The van der Waals surface area contributed by atoms with E-state index in [1.54, 1.807) is 0 Å². The fraction of sp³-hybridized carbons (Fsp3) is 0.625. The summed E-state index contributed by atoms with van der Waals surface area (Å²) < 4.78 is 12.0. The number of nitrogens with one attached hydrogen (secondary N) is 1. The Kier molecular flexibility index (Phi) is 2.08. The number of rotatable bonds is 2. The molecule has 4 heteroatoms. The molecule has 0 fully saturated rings. The molecular formula is C8H12FN3. The van der Waals surface area contributed by atoms with Gasteiger partial charge in [0.05, 0.1) is 11.9 Å². The highest BCUT2D eigenvalue weighted by Gasteiger charge is 2.16. The highest BCUT2D eigenvalue weighted by molar-refractivity contribution is 5.18. The predicted molar refractivity (Wildman–Crippen MR) is 43.5 cm³/mol. The van der Waals surface area contributed by atoms with E-state index in [9.17, 15) is 4.39 Å². The van der Waals surface area contributed by atoms with Crippen molar-refractivity contribution in [1.29, 1.82) is 0 Å². The van der Waals surface area contributed by atoms with Crippen LogP contribution in [-0.4, -0.2) is 34.9 Å². The van der Waals surface area contributed by atoms with Crippen LogP contribution in [0.2, 0.25) is 0 Å². The van der Waals surface area contributed by atoms with Crippen LogP contribution >= 0.6 is 0 Å². The van der Waals surface area contributed by atoms with Crippen molar-refractivity contribution in [2.75, 3.05) is 19.8 Å². The lowest BCUT2D eigenvalue weighted by molar-refractivity contribution is 0.228. The maximum atomic E-state index is 12.0. The Labute approximate surface area is 70.6 Å². The monoisotopic (exact) mass is 169 g/mol. The Morgan fingerprint density at radius 3 is 3.42 bits per heavy atom. The van der Waals surface area contributed by atoms with Crippen molar-refractivity contribution < 1.29 is 4.39 Å². The van der Waals surface area contributed by atoms with Crippen molar-refractivity contribution in [1.82, 2.24) is 15.1 Å². The minimum absolute atomic E-state index is 0.260. The molecule has 0 saturated carbocycles. The van der Waals surface area contributed by atoms with E-state index >= 15 is 0 Å². The van der Waals surface area contributed by atoms with Crippen LogP contribution in [0.25, 0.3) is 0 Å². The Balaban J connectivity index is 2.05. The largest absolute Gasteiger partial charge is 0.295 e. The van der Waals surface area contributed by atoms with Crippen molar-refractivity contribution in [2.45, 2.75) is 13.0 Å². The van der Waals surface area contributed by atoms with Crippen LogP contribution in [0.3, 0.4) is 0 Å². The second-order valence-corrected chi connectivity index (χ2v) is 3.09. The highest BCUT2D eigenvalue weighted by Crippen LogP contribution is 2.14. The topological polar surface area (TPSA) is 31.9 Å². The number of hydrogen-bond acceptors (Lipinski definition) is 2. The van der Waals surface area contributed by atoms with Crippen LogP contribution in [0.4, 0.5) is 4.39 Å². The molecule has 1 aromatic rings. The maximum absolute atomic E-state index is 12.0. The predicted octanol–water partition coefficient (Wildman–Crippen LogP) is 0.737. The first-order valence-electron chi connectivity index (χ1n) is 4.19. The third-order valence-electron chi connectivity index (χ3n) is 2.29. The summed E-state index contributed by atoms with van der Waals surface area (Å²) in [5, 5.41) is 6.88. The SMILES string of the molecule is FCCN1CCc2cn[nH]c2C1. The molecule has 0 atom stereocenters. The lowest BCUT2D eigenvalue weighted by atomic mass is 10.1. The second-order valence-electron chi connectivity index (χ2n) is 3.09. The summed E-state index contributed by atoms with van der Waals surface area (Å²) in [6.45, 7) is 2.05. The number of halogens is 1. The molecule has 1 N–H and O–H groups in total. The molecule has 0 amide bonds. The fourth-order valence-corrected chi connectivity index (χ4v) is 1.58. The first-order chi connectivity index (χ1) is 5.90. The van der Waals surface area contributed by atoms with E-state index in [-0.39, 0.29) is 6.67 Å². The number of alkyl halides is 1. The van der Waals surface area contributed by atoms with Gasteiger partial charge in [-0.3, -0.25) is 10.00 Å². The lowest BCUT2D eigenvalue weighted by Gasteiger charge is -2.24. The average Bonchev–Trinajstić information content (AvgIpc) is 2.51. The molecule has 0 saturated heterocycles. The second kappa shape index (κ2) is 3.23. The van der Waals surface area contributed by atoms with Crippen LogP contribution in [0.5, 0.6) is 0 Å². The number of hydrogen-bond donors (Lipinski definition) is 1. The van der Waals surface area contributed by atoms with E-state index in [0.29, 0.717) is 6.54 Å². The first kappa shape index (κ1) is 7.73. The van der Waals surface area contributed by atoms with E-state index in [0.717, 1.165) is 25.2 Å². The summed E-state index contributed by atoms with van der Waals surface area (Å²) in [4.78, 5) is 2.10. The summed E-state index contributed by atoms with van der Waals surface area (Å²) >= 11 is 0. The smallest absolute Gasteiger partial charge is 0.102 e. The van der Waals surface area contributed by atoms with Gasteiger partial charge in [0.2, 0.25) is 0 Å². The van der Waals surface area contributed by atoms with E-state index in [1.807, 2.05) is 6.20 Å². The number of aromatic nitrogens is 2. The molecule has 12 heavy (non-hydrogen) atoms. The molecule has 0 unspecified atom stereocenters. The lowest BCUT2D eigenvalue weighted by Crippen LogP contribution is -2.31. The van der Waals surface area contributed by atoms with E-state index in [1.165, 1.54) is 5.56 Å². The standard InChI is InChI=1S/C8H12FN3/c9-2-4-12-3-1-7-5-10-11-8(7)6-12/h5H,1-4,6H2,(H,10,11). The third-order valence-corrected chi connectivity index (χ3v) is 2.29. The van der Waals surface area contributed by atoms with E-state index < -0.39 is 0 Å². The highest BCUT2D eigenvalue weighted by atomic mass is 19.1. The molecular weight excluding hydrogens is 157 g/mol. The summed E-state index contributed by atoms with van der Waals surface area (Å²) in [5.74, 6) is 0. The molecule has 0 bridgehead atoms. The average molecular weight is 169 g/mol. The molecule has 3 nitrogen and oxygen atoms in total. The Morgan fingerprint density at radius 2 is 2.58 bits per heavy atom. The summed E-state index contributed by atoms with van der Waals surface area (Å²) in [6, 6.07) is 0. The van der Waals surface area contributed by atoms with E-state index in [4.69, 9.17) is 0 Å². The zero-order chi connectivity index (χ0) is 8.39. The van der Waals surface area contributed by atoms with Crippen LogP contribution in [0.1, 0.15) is 11.3 Å². The normalized spacial score (nSPS) is 17.8. The van der Waals surface area contributed by atoms with Gasteiger partial charge in [-0.25, -0.2) is 4.39 Å². The van der Waals surface area contributed by atoms with Crippen LogP contribution in [0.15, 0.2) is 6.20 Å². The van der Waals surface area contributed by atoms with Gasteiger partial charge in [-0.05, 0) is 12.0 Å². The number of aromatic amines is 1. The Bertz CT molecular complexity index is 259. The number of fused-ring (bicyclic) bond motifs is 1.